The van der Waals surface area contributed by atoms with Crippen molar-refractivity contribution in [3.8, 4) is 11.5 Å². The maximum absolute atomic E-state index is 5.39. The van der Waals surface area contributed by atoms with Crippen molar-refractivity contribution in [1.82, 2.24) is 10.2 Å². The molecule has 0 heterocycles. The molecule has 1 aromatic rings. The summed E-state index contributed by atoms with van der Waals surface area (Å²) in [5, 5.41) is 4.12. The topological polar surface area (TPSA) is 33.7 Å². The average Bonchev–Trinajstić information content (AvgIpc) is 3.22. The molecule has 0 atom stereocenters. The standard InChI is InChI=1S/C14H20N2O2S/c1-16(14(19)15-11-5-6-11)9-10-4-7-12(17-2)8-13(10)18-3/h4,7-8,11H,5-6,9H2,1-3H3,(H,15,19). The fourth-order valence-electron chi connectivity index (χ4n) is 1.82. The molecule has 4 nitrogen and oxygen atoms in total. The van der Waals surface area contributed by atoms with Crippen molar-refractivity contribution in [3.05, 3.63) is 23.8 Å². The molecule has 0 spiro atoms. The Hall–Kier alpha value is -1.49. The van der Waals surface area contributed by atoms with Crippen LogP contribution in [0.4, 0.5) is 0 Å². The molecule has 0 bridgehead atoms. The highest BCUT2D eigenvalue weighted by molar-refractivity contribution is 7.80. The minimum atomic E-state index is 0.577. The van der Waals surface area contributed by atoms with E-state index in [2.05, 4.69) is 5.32 Å². The highest BCUT2D eigenvalue weighted by Crippen LogP contribution is 2.25. The number of thiocarbonyl (C=S) groups is 1. The van der Waals surface area contributed by atoms with Gasteiger partial charge in [-0.1, -0.05) is 0 Å². The third-order valence-corrected chi connectivity index (χ3v) is 3.58. The van der Waals surface area contributed by atoms with Gasteiger partial charge in [-0.3, -0.25) is 0 Å². The van der Waals surface area contributed by atoms with E-state index in [1.807, 2.05) is 30.1 Å². The van der Waals surface area contributed by atoms with E-state index < -0.39 is 0 Å². The molecule has 1 N–H and O–H groups in total. The second kappa shape index (κ2) is 6.10. The third-order valence-electron chi connectivity index (χ3n) is 3.15. The van der Waals surface area contributed by atoms with Gasteiger partial charge < -0.3 is 19.7 Å². The first-order chi connectivity index (χ1) is 9.13. The Morgan fingerprint density at radius 2 is 2.11 bits per heavy atom. The fraction of sp³-hybridized carbons (Fsp3) is 0.500. The molecule has 104 valence electrons. The van der Waals surface area contributed by atoms with E-state index in [9.17, 15) is 0 Å². The van der Waals surface area contributed by atoms with E-state index >= 15 is 0 Å². The first kappa shape index (κ1) is 13.9. The van der Waals surface area contributed by atoms with Crippen LogP contribution in [0.2, 0.25) is 0 Å². The molecule has 2 rings (SSSR count). The summed E-state index contributed by atoms with van der Waals surface area (Å²) in [7, 11) is 5.30. The molecular weight excluding hydrogens is 260 g/mol. The molecule has 0 unspecified atom stereocenters. The summed E-state index contributed by atoms with van der Waals surface area (Å²) in [6.07, 6.45) is 2.44. The quantitative estimate of drug-likeness (QED) is 0.836. The van der Waals surface area contributed by atoms with Crippen LogP contribution in [0.25, 0.3) is 0 Å². The Kier molecular flexibility index (Phi) is 4.47. The number of benzene rings is 1. The van der Waals surface area contributed by atoms with Gasteiger partial charge in [-0.25, -0.2) is 0 Å². The predicted octanol–water partition coefficient (Wildman–Crippen LogP) is 2.17. The van der Waals surface area contributed by atoms with Crippen molar-refractivity contribution >= 4 is 17.3 Å². The van der Waals surface area contributed by atoms with Crippen molar-refractivity contribution < 1.29 is 9.47 Å². The molecule has 1 saturated carbocycles. The number of hydrogen-bond acceptors (Lipinski definition) is 3. The SMILES string of the molecule is COc1ccc(CN(C)C(=S)NC2CC2)c(OC)c1. The van der Waals surface area contributed by atoms with Gasteiger partial charge in [0.2, 0.25) is 0 Å². The number of nitrogens with one attached hydrogen (secondary N) is 1. The summed E-state index contributed by atoms with van der Waals surface area (Å²) in [6, 6.07) is 6.41. The van der Waals surface area contributed by atoms with Gasteiger partial charge in [-0.2, -0.15) is 0 Å². The van der Waals surface area contributed by atoms with E-state index in [1.165, 1.54) is 12.8 Å². The van der Waals surface area contributed by atoms with Crippen LogP contribution in [0.15, 0.2) is 18.2 Å². The van der Waals surface area contributed by atoms with Gasteiger partial charge in [0, 0.05) is 31.3 Å². The summed E-state index contributed by atoms with van der Waals surface area (Å²) in [5.41, 5.74) is 1.09. The molecule has 1 aromatic carbocycles. The van der Waals surface area contributed by atoms with Gasteiger partial charge in [0.05, 0.1) is 14.2 Å². The Morgan fingerprint density at radius 1 is 1.37 bits per heavy atom. The van der Waals surface area contributed by atoms with Gasteiger partial charge in [0.1, 0.15) is 11.5 Å². The molecule has 0 aromatic heterocycles. The number of hydrogen-bond donors (Lipinski definition) is 1. The Balaban J connectivity index is 2.02. The van der Waals surface area contributed by atoms with Crippen molar-refractivity contribution in [3.63, 3.8) is 0 Å². The zero-order chi connectivity index (χ0) is 13.8. The molecule has 1 fully saturated rings. The molecule has 1 aliphatic rings. The molecule has 0 amide bonds. The highest BCUT2D eigenvalue weighted by atomic mass is 32.1. The van der Waals surface area contributed by atoms with Crippen LogP contribution in [0.1, 0.15) is 18.4 Å². The third kappa shape index (κ3) is 3.73. The number of rotatable bonds is 5. The van der Waals surface area contributed by atoms with E-state index in [-0.39, 0.29) is 0 Å². The summed E-state index contributed by atoms with van der Waals surface area (Å²) in [6.45, 7) is 0.714. The predicted molar refractivity (Wildman–Crippen MR) is 79.8 cm³/mol. The fourth-order valence-corrected chi connectivity index (χ4v) is 2.05. The molecule has 19 heavy (non-hydrogen) atoms. The molecule has 1 aliphatic carbocycles. The van der Waals surface area contributed by atoms with Crippen LogP contribution < -0.4 is 14.8 Å². The first-order valence-corrected chi connectivity index (χ1v) is 6.77. The zero-order valence-corrected chi connectivity index (χ0v) is 12.4. The number of nitrogens with zero attached hydrogens (tertiary/aromatic N) is 1. The van der Waals surface area contributed by atoms with Crippen molar-refractivity contribution in [2.75, 3.05) is 21.3 Å². The van der Waals surface area contributed by atoms with Gasteiger partial charge in [0.25, 0.3) is 0 Å². The molecule has 0 aliphatic heterocycles. The van der Waals surface area contributed by atoms with Gasteiger partial charge in [0.15, 0.2) is 5.11 Å². The highest BCUT2D eigenvalue weighted by Gasteiger charge is 2.23. The maximum Gasteiger partial charge on any atom is 0.169 e. The largest absolute Gasteiger partial charge is 0.497 e. The van der Waals surface area contributed by atoms with E-state index in [0.29, 0.717) is 12.6 Å². The van der Waals surface area contributed by atoms with Crippen LogP contribution in [0, 0.1) is 0 Å². The Labute approximate surface area is 119 Å². The summed E-state index contributed by atoms with van der Waals surface area (Å²) in [5.74, 6) is 1.61. The summed E-state index contributed by atoms with van der Waals surface area (Å²) in [4.78, 5) is 2.03. The lowest BCUT2D eigenvalue weighted by molar-refractivity contribution is 0.383. The van der Waals surface area contributed by atoms with Gasteiger partial charge in [-0.05, 0) is 37.2 Å². The molecule has 5 heteroatoms. The Morgan fingerprint density at radius 3 is 2.68 bits per heavy atom. The summed E-state index contributed by atoms with van der Waals surface area (Å²) < 4.78 is 10.6. The number of methoxy groups -OCH3 is 2. The van der Waals surface area contributed by atoms with Crippen molar-refractivity contribution in [2.45, 2.75) is 25.4 Å². The van der Waals surface area contributed by atoms with Crippen LogP contribution in [0.5, 0.6) is 11.5 Å². The van der Waals surface area contributed by atoms with E-state index in [4.69, 9.17) is 21.7 Å². The number of ether oxygens (including phenoxy) is 2. The summed E-state index contributed by atoms with van der Waals surface area (Å²) >= 11 is 5.37. The minimum absolute atomic E-state index is 0.577. The van der Waals surface area contributed by atoms with Crippen LogP contribution in [0.3, 0.4) is 0 Å². The monoisotopic (exact) mass is 280 g/mol. The minimum Gasteiger partial charge on any atom is -0.497 e. The normalized spacial score (nSPS) is 13.8. The van der Waals surface area contributed by atoms with Crippen LogP contribution in [-0.2, 0) is 6.54 Å². The van der Waals surface area contributed by atoms with Crippen LogP contribution >= 0.6 is 12.2 Å². The molecule has 0 radical (unpaired) electrons. The Bertz CT molecular complexity index is 461. The lowest BCUT2D eigenvalue weighted by Crippen LogP contribution is -2.37. The average molecular weight is 280 g/mol. The van der Waals surface area contributed by atoms with E-state index in [1.54, 1.807) is 14.2 Å². The van der Waals surface area contributed by atoms with Gasteiger partial charge >= 0.3 is 0 Å². The van der Waals surface area contributed by atoms with Crippen LogP contribution in [-0.4, -0.2) is 37.3 Å². The lowest BCUT2D eigenvalue weighted by Gasteiger charge is -2.22. The van der Waals surface area contributed by atoms with Crippen molar-refractivity contribution in [1.29, 1.82) is 0 Å². The first-order valence-electron chi connectivity index (χ1n) is 6.36. The zero-order valence-electron chi connectivity index (χ0n) is 11.6. The second-order valence-electron chi connectivity index (χ2n) is 4.76. The lowest BCUT2D eigenvalue weighted by atomic mass is 10.2. The second-order valence-corrected chi connectivity index (χ2v) is 5.14. The van der Waals surface area contributed by atoms with Crippen molar-refractivity contribution in [2.24, 2.45) is 0 Å². The molecular formula is C14H20N2O2S. The molecule has 0 saturated heterocycles. The smallest absolute Gasteiger partial charge is 0.169 e. The van der Waals surface area contributed by atoms with Gasteiger partial charge in [-0.15, -0.1) is 0 Å². The maximum atomic E-state index is 5.39. The van der Waals surface area contributed by atoms with E-state index in [0.717, 1.165) is 22.2 Å².